The number of carbonyl (C=O) groups excluding carboxylic acids is 1. The van der Waals surface area contributed by atoms with Gasteiger partial charge in [-0.3, -0.25) is 0 Å². The van der Waals surface area contributed by atoms with Crippen LogP contribution in [0.15, 0.2) is 0 Å². The molecule has 0 fully saturated rings. The summed E-state index contributed by atoms with van der Waals surface area (Å²) < 4.78 is 0. The second kappa shape index (κ2) is 4.14. The zero-order valence-electron chi connectivity index (χ0n) is 5.68. The van der Waals surface area contributed by atoms with Crippen LogP contribution in [0.5, 0.6) is 0 Å². The minimum atomic E-state index is -1.21. The fraction of sp³-hybridized carbons (Fsp3) is 0.800. The van der Waals surface area contributed by atoms with Gasteiger partial charge in [0.1, 0.15) is 0 Å². The van der Waals surface area contributed by atoms with Crippen molar-refractivity contribution >= 4 is 6.09 Å². The van der Waals surface area contributed by atoms with Crippen LogP contribution in [0.1, 0.15) is 0 Å². The molecule has 4 nitrogen and oxygen atoms in total. The summed E-state index contributed by atoms with van der Waals surface area (Å²) in [6, 6.07) is 0. The van der Waals surface area contributed by atoms with E-state index in [1.54, 1.807) is 0 Å². The summed E-state index contributed by atoms with van der Waals surface area (Å²) in [5, 5.41) is 11.9. The van der Waals surface area contributed by atoms with Crippen molar-refractivity contribution in [1.82, 2.24) is 10.2 Å². The summed E-state index contributed by atoms with van der Waals surface area (Å²) in [6.45, 7) is 1.13. The monoisotopic (exact) mass is 131 g/mol. The van der Waals surface area contributed by atoms with Crippen LogP contribution in [0.2, 0.25) is 0 Å². The van der Waals surface area contributed by atoms with Gasteiger partial charge in [-0.25, -0.2) is 9.90 Å². The molecular weight excluding hydrogens is 120 g/mol. The van der Waals surface area contributed by atoms with Gasteiger partial charge >= 0.3 is 6.09 Å². The van der Waals surface area contributed by atoms with E-state index >= 15 is 0 Å². The third kappa shape index (κ3) is 7.23. The fourth-order valence-corrected chi connectivity index (χ4v) is 0.382. The number of rotatable bonds is 3. The van der Waals surface area contributed by atoms with Crippen LogP contribution in [0, 0.1) is 0 Å². The molecule has 0 spiro atoms. The van der Waals surface area contributed by atoms with Crippen LogP contribution in [-0.2, 0) is 5.11 Å². The summed E-state index contributed by atoms with van der Waals surface area (Å²) in [5.74, 6) is 0. The van der Waals surface area contributed by atoms with Crippen molar-refractivity contribution in [3.05, 3.63) is 0 Å². The molecule has 0 unspecified atom stereocenters. The van der Waals surface area contributed by atoms with E-state index < -0.39 is 6.09 Å². The number of hydrogen-bond donors (Lipinski definition) is 1. The van der Waals surface area contributed by atoms with Crippen LogP contribution in [0.25, 0.3) is 0 Å². The Hall–Kier alpha value is -0.770. The molecule has 0 rings (SSSR count). The molecule has 4 heteroatoms. The minimum Gasteiger partial charge on any atom is -0.317 e. The number of nitrogens with zero attached hydrogens (tertiary/aromatic N) is 1. The average molecular weight is 131 g/mol. The number of likely N-dealkylation sites (N-methyl/N-ethyl adjacent to an activating group) is 1. The SMILES string of the molecule is CN(C)CCNC([O])=O. The van der Waals surface area contributed by atoms with Crippen molar-refractivity contribution in [3.63, 3.8) is 0 Å². The van der Waals surface area contributed by atoms with Crippen molar-refractivity contribution in [2.24, 2.45) is 0 Å². The van der Waals surface area contributed by atoms with Gasteiger partial charge in [0.05, 0.1) is 0 Å². The summed E-state index contributed by atoms with van der Waals surface area (Å²) in [4.78, 5) is 11.6. The molecule has 1 amide bonds. The molecule has 0 atom stereocenters. The van der Waals surface area contributed by atoms with E-state index in [4.69, 9.17) is 0 Å². The Morgan fingerprint density at radius 1 is 1.56 bits per heavy atom. The van der Waals surface area contributed by atoms with Gasteiger partial charge in [-0.1, -0.05) is 0 Å². The fourth-order valence-electron chi connectivity index (χ4n) is 0.382. The lowest BCUT2D eigenvalue weighted by atomic mass is 10.6. The van der Waals surface area contributed by atoms with E-state index in [1.165, 1.54) is 0 Å². The Balaban J connectivity index is 3.01. The van der Waals surface area contributed by atoms with Gasteiger partial charge < -0.3 is 10.2 Å². The number of hydrogen-bond acceptors (Lipinski definition) is 2. The first kappa shape index (κ1) is 8.23. The maximum Gasteiger partial charge on any atom is 0.450 e. The first-order valence-electron chi connectivity index (χ1n) is 2.72. The van der Waals surface area contributed by atoms with E-state index in [1.807, 2.05) is 19.0 Å². The van der Waals surface area contributed by atoms with E-state index in [9.17, 15) is 9.90 Å². The van der Waals surface area contributed by atoms with Gasteiger partial charge in [0, 0.05) is 13.1 Å². The lowest BCUT2D eigenvalue weighted by Crippen LogP contribution is -2.29. The lowest BCUT2D eigenvalue weighted by molar-refractivity contribution is 0.167. The Morgan fingerprint density at radius 3 is 2.44 bits per heavy atom. The normalized spacial score (nSPS) is 9.67. The van der Waals surface area contributed by atoms with Gasteiger partial charge in [0.2, 0.25) is 0 Å². The van der Waals surface area contributed by atoms with Crippen LogP contribution < -0.4 is 5.32 Å². The van der Waals surface area contributed by atoms with Crippen LogP contribution in [-0.4, -0.2) is 38.2 Å². The zero-order valence-corrected chi connectivity index (χ0v) is 5.68. The molecule has 0 aliphatic carbocycles. The molecular formula is C5H11N2O2. The minimum absolute atomic E-state index is 0.426. The number of amides is 1. The van der Waals surface area contributed by atoms with Crippen molar-refractivity contribution < 1.29 is 9.90 Å². The molecule has 0 aromatic rings. The van der Waals surface area contributed by atoms with Gasteiger partial charge in [-0.15, -0.1) is 0 Å². The maximum absolute atomic E-state index is 9.74. The summed E-state index contributed by atoms with van der Waals surface area (Å²) >= 11 is 0. The molecule has 0 saturated carbocycles. The highest BCUT2D eigenvalue weighted by molar-refractivity contribution is 5.63. The average Bonchev–Trinajstić information content (AvgIpc) is 1.63. The predicted molar refractivity (Wildman–Crippen MR) is 32.6 cm³/mol. The molecule has 1 N–H and O–H groups in total. The quantitative estimate of drug-likeness (QED) is 0.571. The van der Waals surface area contributed by atoms with Gasteiger partial charge in [-0.2, -0.15) is 0 Å². The number of nitrogens with one attached hydrogen (secondary N) is 1. The van der Waals surface area contributed by atoms with Gasteiger partial charge in [0.15, 0.2) is 0 Å². The standard InChI is InChI=1S/C5H11N2O2/c1-7(2)4-3-6-5(8)9/h6H,3-4H2,1-2H3. The van der Waals surface area contributed by atoms with Crippen LogP contribution in [0.4, 0.5) is 4.79 Å². The van der Waals surface area contributed by atoms with E-state index in [-0.39, 0.29) is 0 Å². The second-order valence-corrected chi connectivity index (χ2v) is 2.02. The molecule has 1 radical (unpaired) electrons. The molecule has 0 aromatic carbocycles. The third-order valence-corrected chi connectivity index (χ3v) is 0.828. The van der Waals surface area contributed by atoms with E-state index in [0.717, 1.165) is 0 Å². The Morgan fingerprint density at radius 2 is 2.11 bits per heavy atom. The molecule has 0 aliphatic rings. The Kier molecular flexibility index (Phi) is 3.79. The molecule has 0 aliphatic heterocycles. The summed E-state index contributed by atoms with van der Waals surface area (Å²) in [5.41, 5.74) is 0. The van der Waals surface area contributed by atoms with Crippen LogP contribution in [0.3, 0.4) is 0 Å². The lowest BCUT2D eigenvalue weighted by Gasteiger charge is -2.07. The van der Waals surface area contributed by atoms with Gasteiger partial charge in [-0.05, 0) is 14.1 Å². The molecule has 0 heterocycles. The highest BCUT2D eigenvalue weighted by atomic mass is 16.4. The zero-order chi connectivity index (χ0) is 7.28. The largest absolute Gasteiger partial charge is 0.450 e. The van der Waals surface area contributed by atoms with E-state index in [0.29, 0.717) is 13.1 Å². The van der Waals surface area contributed by atoms with Crippen molar-refractivity contribution in [2.45, 2.75) is 0 Å². The second-order valence-electron chi connectivity index (χ2n) is 2.02. The Bertz CT molecular complexity index is 93.0. The summed E-state index contributed by atoms with van der Waals surface area (Å²) in [6.07, 6.45) is -1.21. The smallest absolute Gasteiger partial charge is 0.317 e. The molecule has 0 aromatic heterocycles. The first-order chi connectivity index (χ1) is 4.13. The molecule has 9 heavy (non-hydrogen) atoms. The highest BCUT2D eigenvalue weighted by Crippen LogP contribution is 1.70. The maximum atomic E-state index is 9.74. The van der Waals surface area contributed by atoms with Crippen molar-refractivity contribution in [2.75, 3.05) is 27.2 Å². The first-order valence-corrected chi connectivity index (χ1v) is 2.72. The molecule has 0 saturated heterocycles. The van der Waals surface area contributed by atoms with E-state index in [2.05, 4.69) is 5.32 Å². The third-order valence-electron chi connectivity index (χ3n) is 0.828. The topological polar surface area (TPSA) is 52.2 Å². The van der Waals surface area contributed by atoms with Crippen LogP contribution >= 0.6 is 0 Å². The van der Waals surface area contributed by atoms with Gasteiger partial charge in [0.25, 0.3) is 0 Å². The highest BCUT2D eigenvalue weighted by Gasteiger charge is 1.94. The summed E-state index contributed by atoms with van der Waals surface area (Å²) in [7, 11) is 3.74. The Labute approximate surface area is 54.5 Å². The van der Waals surface area contributed by atoms with Crippen molar-refractivity contribution in [1.29, 1.82) is 0 Å². The molecule has 53 valence electrons. The molecule has 0 bridgehead atoms. The van der Waals surface area contributed by atoms with Crippen molar-refractivity contribution in [3.8, 4) is 0 Å². The number of carbonyl (C=O) groups is 1. The predicted octanol–water partition coefficient (Wildman–Crippen LogP) is -0.312.